The van der Waals surface area contributed by atoms with Crippen LogP contribution in [0.4, 0.5) is 0 Å². The Labute approximate surface area is 156 Å². The summed E-state index contributed by atoms with van der Waals surface area (Å²) in [6.07, 6.45) is 3.00. The molecule has 0 aliphatic carbocycles. The van der Waals surface area contributed by atoms with E-state index in [4.69, 9.17) is 4.74 Å². The van der Waals surface area contributed by atoms with Crippen molar-refractivity contribution in [3.63, 3.8) is 0 Å². The summed E-state index contributed by atoms with van der Waals surface area (Å²) in [5.74, 6) is -0.866. The van der Waals surface area contributed by atoms with Crippen LogP contribution < -0.4 is 5.32 Å². The molecule has 0 saturated carbocycles. The van der Waals surface area contributed by atoms with Crippen molar-refractivity contribution in [3.8, 4) is 0 Å². The van der Waals surface area contributed by atoms with Gasteiger partial charge in [-0.2, -0.15) is 0 Å². The normalized spacial score (nSPS) is 12.2. The van der Waals surface area contributed by atoms with Crippen molar-refractivity contribution in [1.29, 1.82) is 0 Å². The molecule has 1 amide bonds. The molecule has 0 radical (unpaired) electrons. The standard InChI is InChI=1S/C21H19NO3S/c1-15(18-10-4-7-16-6-2-3-9-19(16)18)22-20(23)14-25-21(24)12-11-17-8-5-13-26-17/h2-13,15H,14H2,1H3,(H,22,23)/b12-11+/t15-/m1/s1. The molecule has 0 fully saturated rings. The average molecular weight is 365 g/mol. The van der Waals surface area contributed by atoms with Crippen molar-refractivity contribution in [3.05, 3.63) is 76.5 Å². The number of ether oxygens (including phenoxy) is 1. The fourth-order valence-corrected chi connectivity index (χ4v) is 3.33. The van der Waals surface area contributed by atoms with Crippen molar-refractivity contribution >= 4 is 40.1 Å². The van der Waals surface area contributed by atoms with Crippen LogP contribution in [-0.2, 0) is 14.3 Å². The number of thiophene rings is 1. The molecular formula is C21H19NO3S. The number of esters is 1. The molecule has 1 aromatic heterocycles. The van der Waals surface area contributed by atoms with Crippen LogP contribution in [0, 0.1) is 0 Å². The fourth-order valence-electron chi connectivity index (χ4n) is 2.71. The van der Waals surface area contributed by atoms with E-state index in [9.17, 15) is 9.59 Å². The monoisotopic (exact) mass is 365 g/mol. The molecule has 0 spiro atoms. The van der Waals surface area contributed by atoms with Crippen molar-refractivity contribution in [1.82, 2.24) is 5.32 Å². The lowest BCUT2D eigenvalue weighted by molar-refractivity contribution is -0.144. The van der Waals surface area contributed by atoms with Gasteiger partial charge in [-0.25, -0.2) is 4.79 Å². The number of hydrogen-bond donors (Lipinski definition) is 1. The van der Waals surface area contributed by atoms with Crippen molar-refractivity contribution < 1.29 is 14.3 Å². The highest BCUT2D eigenvalue weighted by Gasteiger charge is 2.13. The van der Waals surface area contributed by atoms with E-state index in [0.717, 1.165) is 21.2 Å². The predicted molar refractivity (Wildman–Crippen MR) is 105 cm³/mol. The Hall–Kier alpha value is -2.92. The van der Waals surface area contributed by atoms with E-state index in [2.05, 4.69) is 5.32 Å². The molecule has 26 heavy (non-hydrogen) atoms. The molecule has 1 N–H and O–H groups in total. The quantitative estimate of drug-likeness (QED) is 0.522. The van der Waals surface area contributed by atoms with E-state index < -0.39 is 5.97 Å². The zero-order valence-corrected chi connectivity index (χ0v) is 15.2. The predicted octanol–water partition coefficient (Wildman–Crippen LogP) is 4.34. The summed E-state index contributed by atoms with van der Waals surface area (Å²) in [6.45, 7) is 1.61. The van der Waals surface area contributed by atoms with Crippen LogP contribution in [0.3, 0.4) is 0 Å². The highest BCUT2D eigenvalue weighted by Crippen LogP contribution is 2.23. The summed E-state index contributed by atoms with van der Waals surface area (Å²) < 4.78 is 4.99. The van der Waals surface area contributed by atoms with Gasteiger partial charge >= 0.3 is 5.97 Å². The first-order valence-corrected chi connectivity index (χ1v) is 9.17. The highest BCUT2D eigenvalue weighted by molar-refractivity contribution is 7.10. The summed E-state index contributed by atoms with van der Waals surface area (Å²) in [7, 11) is 0. The molecule has 132 valence electrons. The zero-order chi connectivity index (χ0) is 18.4. The molecule has 1 heterocycles. The minimum atomic E-state index is -0.536. The summed E-state index contributed by atoms with van der Waals surface area (Å²) in [4.78, 5) is 24.7. The number of carbonyl (C=O) groups is 2. The van der Waals surface area contributed by atoms with Gasteiger partial charge in [0.2, 0.25) is 0 Å². The van der Waals surface area contributed by atoms with Crippen LogP contribution in [0.15, 0.2) is 66.1 Å². The zero-order valence-electron chi connectivity index (χ0n) is 14.3. The van der Waals surface area contributed by atoms with Crippen LogP contribution in [0.2, 0.25) is 0 Å². The van der Waals surface area contributed by atoms with Gasteiger partial charge in [-0.15, -0.1) is 11.3 Å². The minimum absolute atomic E-state index is 0.186. The molecule has 0 bridgehead atoms. The molecule has 0 unspecified atom stereocenters. The van der Waals surface area contributed by atoms with E-state index in [0.29, 0.717) is 0 Å². The number of nitrogens with one attached hydrogen (secondary N) is 1. The Kier molecular flexibility index (Phi) is 5.81. The molecule has 3 rings (SSSR count). The van der Waals surface area contributed by atoms with Gasteiger partial charge in [0.15, 0.2) is 6.61 Å². The Morgan fingerprint density at radius 3 is 2.73 bits per heavy atom. The largest absolute Gasteiger partial charge is 0.452 e. The second kappa shape index (κ2) is 8.45. The van der Waals surface area contributed by atoms with Crippen molar-refractivity contribution in [2.75, 3.05) is 6.61 Å². The van der Waals surface area contributed by atoms with Gasteiger partial charge in [0, 0.05) is 11.0 Å². The summed E-state index contributed by atoms with van der Waals surface area (Å²) >= 11 is 1.52. The number of carbonyl (C=O) groups excluding carboxylic acids is 2. The minimum Gasteiger partial charge on any atom is -0.452 e. The maximum Gasteiger partial charge on any atom is 0.331 e. The van der Waals surface area contributed by atoms with Gasteiger partial charge in [0.05, 0.1) is 6.04 Å². The third kappa shape index (κ3) is 4.58. The lowest BCUT2D eigenvalue weighted by Crippen LogP contribution is -2.31. The van der Waals surface area contributed by atoms with Crippen LogP contribution in [0.25, 0.3) is 16.8 Å². The Morgan fingerprint density at radius 2 is 1.92 bits per heavy atom. The maximum atomic E-state index is 12.1. The first-order valence-electron chi connectivity index (χ1n) is 8.29. The van der Waals surface area contributed by atoms with Crippen LogP contribution in [0.1, 0.15) is 23.4 Å². The number of rotatable bonds is 6. The van der Waals surface area contributed by atoms with Crippen LogP contribution in [-0.4, -0.2) is 18.5 Å². The van der Waals surface area contributed by atoms with E-state index >= 15 is 0 Å². The van der Waals surface area contributed by atoms with Gasteiger partial charge in [0.1, 0.15) is 0 Å². The molecule has 4 nitrogen and oxygen atoms in total. The molecule has 2 aromatic carbocycles. The van der Waals surface area contributed by atoms with E-state index in [1.807, 2.05) is 66.9 Å². The second-order valence-electron chi connectivity index (χ2n) is 5.81. The summed E-state index contributed by atoms with van der Waals surface area (Å²) in [5, 5.41) is 7.02. The topological polar surface area (TPSA) is 55.4 Å². The summed E-state index contributed by atoms with van der Waals surface area (Å²) in [6, 6.07) is 17.6. The smallest absolute Gasteiger partial charge is 0.331 e. The lowest BCUT2D eigenvalue weighted by atomic mass is 10.00. The average Bonchev–Trinajstić information content (AvgIpc) is 3.18. The highest BCUT2D eigenvalue weighted by atomic mass is 32.1. The molecule has 5 heteroatoms. The van der Waals surface area contributed by atoms with E-state index in [1.165, 1.54) is 17.4 Å². The Bertz CT molecular complexity index is 926. The van der Waals surface area contributed by atoms with Gasteiger partial charge in [0.25, 0.3) is 5.91 Å². The number of amides is 1. The molecule has 1 atom stereocenters. The van der Waals surface area contributed by atoms with Gasteiger partial charge in [-0.05, 0) is 40.8 Å². The second-order valence-corrected chi connectivity index (χ2v) is 6.79. The number of fused-ring (bicyclic) bond motifs is 1. The lowest BCUT2D eigenvalue weighted by Gasteiger charge is -2.16. The van der Waals surface area contributed by atoms with Crippen molar-refractivity contribution in [2.24, 2.45) is 0 Å². The van der Waals surface area contributed by atoms with Crippen molar-refractivity contribution in [2.45, 2.75) is 13.0 Å². The summed E-state index contributed by atoms with van der Waals surface area (Å²) in [5.41, 5.74) is 1.03. The molecule has 0 aliphatic heterocycles. The third-order valence-corrected chi connectivity index (χ3v) is 4.78. The van der Waals surface area contributed by atoms with Gasteiger partial charge in [-0.3, -0.25) is 4.79 Å². The van der Waals surface area contributed by atoms with Crippen LogP contribution in [0.5, 0.6) is 0 Å². The van der Waals surface area contributed by atoms with Gasteiger partial charge < -0.3 is 10.1 Å². The number of benzene rings is 2. The Balaban J connectivity index is 1.55. The number of hydrogen-bond acceptors (Lipinski definition) is 4. The fraction of sp³-hybridized carbons (Fsp3) is 0.143. The SMILES string of the molecule is C[C@@H](NC(=O)COC(=O)/C=C/c1cccs1)c1cccc2ccccc12. The van der Waals surface area contributed by atoms with Gasteiger partial charge in [-0.1, -0.05) is 48.5 Å². The molecular weight excluding hydrogens is 346 g/mol. The first kappa shape index (κ1) is 17.9. The van der Waals surface area contributed by atoms with E-state index in [-0.39, 0.29) is 18.6 Å². The Morgan fingerprint density at radius 1 is 1.12 bits per heavy atom. The third-order valence-electron chi connectivity index (χ3n) is 3.94. The molecule has 0 saturated heterocycles. The van der Waals surface area contributed by atoms with Crippen LogP contribution >= 0.6 is 11.3 Å². The van der Waals surface area contributed by atoms with E-state index in [1.54, 1.807) is 6.08 Å². The molecule has 0 aliphatic rings. The maximum absolute atomic E-state index is 12.1. The first-order chi connectivity index (χ1) is 12.6. The molecule has 3 aromatic rings.